The molecule has 1 aromatic carbocycles. The average Bonchev–Trinajstić information content (AvgIpc) is 2.43. The summed E-state index contributed by atoms with van der Waals surface area (Å²) in [5.41, 5.74) is 0.621. The number of nitrogens with one attached hydrogen (secondary N) is 2. The Labute approximate surface area is 121 Å². The predicted octanol–water partition coefficient (Wildman–Crippen LogP) is 1.25. The van der Waals surface area contributed by atoms with Crippen LogP contribution in [-0.4, -0.2) is 41.2 Å². The molecule has 1 aromatic rings. The number of carbonyl (C=O) groups excluding carboxylic acids is 1. The van der Waals surface area contributed by atoms with E-state index in [1.807, 2.05) is 6.92 Å². The number of aliphatic hydroxyl groups excluding tert-OH is 1. The number of ether oxygens (including phenoxy) is 1. The molecule has 4 N–H and O–H groups in total. The van der Waals surface area contributed by atoms with E-state index >= 15 is 0 Å². The van der Waals surface area contributed by atoms with Crippen molar-refractivity contribution in [1.82, 2.24) is 5.32 Å². The molecule has 1 saturated heterocycles. The molecule has 1 aliphatic rings. The molecule has 1 aliphatic heterocycles. The first-order valence-electron chi connectivity index (χ1n) is 6.66. The van der Waals surface area contributed by atoms with Gasteiger partial charge in [-0.3, -0.25) is 0 Å². The van der Waals surface area contributed by atoms with E-state index in [0.29, 0.717) is 18.7 Å². The van der Waals surface area contributed by atoms with Gasteiger partial charge in [-0.15, -0.1) is 0 Å². The highest BCUT2D eigenvalue weighted by molar-refractivity contribution is 5.91. The lowest BCUT2D eigenvalue weighted by Gasteiger charge is -2.31. The van der Waals surface area contributed by atoms with E-state index in [4.69, 9.17) is 9.84 Å². The van der Waals surface area contributed by atoms with Gasteiger partial charge in [-0.1, -0.05) is 6.92 Å². The highest BCUT2D eigenvalue weighted by Gasteiger charge is 2.27. The number of hydrogen-bond donors (Lipinski definition) is 4. The van der Waals surface area contributed by atoms with Gasteiger partial charge in [0.2, 0.25) is 0 Å². The number of carboxylic acids is 1. The minimum Gasteiger partial charge on any atom is -0.478 e. The van der Waals surface area contributed by atoms with Crippen molar-refractivity contribution in [2.75, 3.05) is 11.9 Å². The first-order chi connectivity index (χ1) is 9.95. The Morgan fingerprint density at radius 1 is 1.29 bits per heavy atom. The Morgan fingerprint density at radius 3 is 2.52 bits per heavy atom. The summed E-state index contributed by atoms with van der Waals surface area (Å²) in [5.74, 6) is -0.973. The van der Waals surface area contributed by atoms with Crippen LogP contribution in [0.4, 0.5) is 10.5 Å². The van der Waals surface area contributed by atoms with Gasteiger partial charge in [0.05, 0.1) is 18.3 Å². The SMILES string of the molecule is CC1COC(NC(=O)Nc2ccc(C(=O)O)cc2)CC1O. The van der Waals surface area contributed by atoms with Crippen LogP contribution in [0, 0.1) is 5.92 Å². The van der Waals surface area contributed by atoms with Crippen molar-refractivity contribution in [2.24, 2.45) is 5.92 Å². The van der Waals surface area contributed by atoms with Gasteiger partial charge in [0.25, 0.3) is 0 Å². The topological polar surface area (TPSA) is 108 Å². The van der Waals surface area contributed by atoms with Gasteiger partial charge in [-0.05, 0) is 24.3 Å². The van der Waals surface area contributed by atoms with Gasteiger partial charge >= 0.3 is 12.0 Å². The lowest BCUT2D eigenvalue weighted by molar-refractivity contribution is -0.0842. The third-order valence-corrected chi connectivity index (χ3v) is 3.35. The summed E-state index contributed by atoms with van der Waals surface area (Å²) in [6, 6.07) is 5.34. The van der Waals surface area contributed by atoms with Crippen molar-refractivity contribution in [3.05, 3.63) is 29.8 Å². The fourth-order valence-corrected chi connectivity index (χ4v) is 2.01. The second-order valence-electron chi connectivity index (χ2n) is 5.08. The summed E-state index contributed by atoms with van der Waals surface area (Å²) in [4.78, 5) is 22.5. The Balaban J connectivity index is 1.85. The van der Waals surface area contributed by atoms with Crippen molar-refractivity contribution in [2.45, 2.75) is 25.7 Å². The summed E-state index contributed by atoms with van der Waals surface area (Å²) in [5, 5.41) is 23.7. The molecule has 0 aromatic heterocycles. The summed E-state index contributed by atoms with van der Waals surface area (Å²) in [6.07, 6.45) is -0.694. The Morgan fingerprint density at radius 2 is 1.95 bits per heavy atom. The summed E-state index contributed by atoms with van der Waals surface area (Å²) in [6.45, 7) is 2.27. The minimum absolute atomic E-state index is 0.0506. The fourth-order valence-electron chi connectivity index (χ4n) is 2.01. The highest BCUT2D eigenvalue weighted by atomic mass is 16.5. The Kier molecular flexibility index (Phi) is 4.77. The number of amides is 2. The van der Waals surface area contributed by atoms with Crippen LogP contribution in [-0.2, 0) is 4.74 Å². The van der Waals surface area contributed by atoms with E-state index in [0.717, 1.165) is 0 Å². The number of carboxylic acid groups (broad SMARTS) is 1. The van der Waals surface area contributed by atoms with Crippen LogP contribution >= 0.6 is 0 Å². The zero-order chi connectivity index (χ0) is 15.4. The monoisotopic (exact) mass is 294 g/mol. The molecule has 0 bridgehead atoms. The number of aliphatic hydroxyl groups is 1. The van der Waals surface area contributed by atoms with Crippen LogP contribution < -0.4 is 10.6 Å². The number of rotatable bonds is 3. The van der Waals surface area contributed by atoms with Crippen LogP contribution in [0.5, 0.6) is 0 Å². The zero-order valence-corrected chi connectivity index (χ0v) is 11.6. The molecular weight excluding hydrogens is 276 g/mol. The molecule has 114 valence electrons. The number of carbonyl (C=O) groups is 2. The first-order valence-corrected chi connectivity index (χ1v) is 6.66. The third kappa shape index (κ3) is 4.17. The van der Waals surface area contributed by atoms with Crippen molar-refractivity contribution in [1.29, 1.82) is 0 Å². The molecule has 1 heterocycles. The predicted molar refractivity (Wildman–Crippen MR) is 75.1 cm³/mol. The summed E-state index contributed by atoms with van der Waals surface area (Å²) >= 11 is 0. The second-order valence-corrected chi connectivity index (χ2v) is 5.08. The molecule has 2 amide bonds. The van der Waals surface area contributed by atoms with E-state index < -0.39 is 24.3 Å². The van der Waals surface area contributed by atoms with Crippen LogP contribution in [0.15, 0.2) is 24.3 Å². The first kappa shape index (κ1) is 15.3. The number of hydrogen-bond acceptors (Lipinski definition) is 4. The Hall–Kier alpha value is -2.12. The van der Waals surface area contributed by atoms with Gasteiger partial charge in [0.15, 0.2) is 0 Å². The zero-order valence-electron chi connectivity index (χ0n) is 11.6. The van der Waals surface area contributed by atoms with Gasteiger partial charge in [-0.25, -0.2) is 9.59 Å². The molecule has 3 unspecified atom stereocenters. The van der Waals surface area contributed by atoms with E-state index in [9.17, 15) is 14.7 Å². The van der Waals surface area contributed by atoms with Gasteiger partial charge in [-0.2, -0.15) is 0 Å². The average molecular weight is 294 g/mol. The van der Waals surface area contributed by atoms with Crippen LogP contribution in [0.3, 0.4) is 0 Å². The highest BCUT2D eigenvalue weighted by Crippen LogP contribution is 2.17. The maximum atomic E-state index is 11.8. The molecule has 3 atom stereocenters. The minimum atomic E-state index is -1.02. The normalized spacial score (nSPS) is 25.1. The van der Waals surface area contributed by atoms with E-state index in [-0.39, 0.29) is 11.5 Å². The molecule has 0 radical (unpaired) electrons. The molecule has 1 fully saturated rings. The van der Waals surface area contributed by atoms with Gasteiger partial charge in [0.1, 0.15) is 6.23 Å². The maximum Gasteiger partial charge on any atom is 0.335 e. The number of urea groups is 1. The molecule has 21 heavy (non-hydrogen) atoms. The number of benzene rings is 1. The molecule has 7 heteroatoms. The largest absolute Gasteiger partial charge is 0.478 e. The summed E-state index contributed by atoms with van der Waals surface area (Å²) < 4.78 is 5.41. The van der Waals surface area contributed by atoms with Gasteiger partial charge < -0.3 is 25.6 Å². The molecule has 0 aliphatic carbocycles. The molecule has 0 saturated carbocycles. The smallest absolute Gasteiger partial charge is 0.335 e. The van der Waals surface area contributed by atoms with Crippen molar-refractivity contribution in [3.8, 4) is 0 Å². The van der Waals surface area contributed by atoms with Crippen LogP contribution in [0.25, 0.3) is 0 Å². The maximum absolute atomic E-state index is 11.8. The van der Waals surface area contributed by atoms with Crippen molar-refractivity contribution in [3.63, 3.8) is 0 Å². The fraction of sp³-hybridized carbons (Fsp3) is 0.429. The lowest BCUT2D eigenvalue weighted by atomic mass is 10.00. The lowest BCUT2D eigenvalue weighted by Crippen LogP contribution is -2.47. The van der Waals surface area contributed by atoms with Crippen LogP contribution in [0.2, 0.25) is 0 Å². The molecule has 2 rings (SSSR count). The number of aromatic carboxylic acids is 1. The van der Waals surface area contributed by atoms with E-state index in [2.05, 4.69) is 10.6 Å². The quantitative estimate of drug-likeness (QED) is 0.671. The van der Waals surface area contributed by atoms with Crippen LogP contribution in [0.1, 0.15) is 23.7 Å². The second kappa shape index (κ2) is 6.55. The van der Waals surface area contributed by atoms with E-state index in [1.165, 1.54) is 24.3 Å². The standard InChI is InChI=1S/C14H18N2O5/c1-8-7-21-12(6-11(8)17)16-14(20)15-10-4-2-9(3-5-10)13(18)19/h2-5,8,11-12,17H,6-7H2,1H3,(H,18,19)(H2,15,16,20). The van der Waals surface area contributed by atoms with Gasteiger partial charge in [0, 0.05) is 18.0 Å². The van der Waals surface area contributed by atoms with Crippen molar-refractivity contribution >= 4 is 17.7 Å². The molecule has 7 nitrogen and oxygen atoms in total. The van der Waals surface area contributed by atoms with Crippen molar-refractivity contribution < 1.29 is 24.5 Å². The molecule has 0 spiro atoms. The molecular formula is C14H18N2O5. The third-order valence-electron chi connectivity index (χ3n) is 3.35. The summed E-state index contributed by atoms with van der Waals surface area (Å²) in [7, 11) is 0. The number of anilines is 1. The Bertz CT molecular complexity index is 517. The van der Waals surface area contributed by atoms with E-state index in [1.54, 1.807) is 0 Å².